The molecule has 0 fully saturated rings. The van der Waals surface area contributed by atoms with E-state index in [0.717, 1.165) is 36.8 Å². The van der Waals surface area contributed by atoms with Gasteiger partial charge in [-0.15, -0.1) is 0 Å². The molecule has 1 N–H and O–H groups in total. The zero-order valence-corrected chi connectivity index (χ0v) is 9.27. The largest absolute Gasteiger partial charge is 0.308 e. The van der Waals surface area contributed by atoms with Gasteiger partial charge in [-0.05, 0) is 13.0 Å². The van der Waals surface area contributed by atoms with Crippen molar-refractivity contribution in [2.24, 2.45) is 0 Å². The quantitative estimate of drug-likeness (QED) is 0.779. The van der Waals surface area contributed by atoms with E-state index in [9.17, 15) is 0 Å². The number of aryl methyl sites for hydroxylation is 1. The van der Waals surface area contributed by atoms with Crippen LogP contribution in [0.4, 0.5) is 0 Å². The van der Waals surface area contributed by atoms with E-state index in [1.54, 1.807) is 0 Å². The number of hydrogen-bond donors (Lipinski definition) is 1. The molecule has 2 aromatic rings. The van der Waals surface area contributed by atoms with Crippen LogP contribution in [0.3, 0.4) is 0 Å². The first kappa shape index (κ1) is 9.54. The topological polar surface area (TPSA) is 42.7 Å². The maximum atomic E-state index is 4.55. The van der Waals surface area contributed by atoms with Gasteiger partial charge in [0.2, 0.25) is 0 Å². The van der Waals surface area contributed by atoms with E-state index >= 15 is 0 Å². The molecule has 3 rings (SSSR count). The van der Waals surface area contributed by atoms with Gasteiger partial charge in [-0.1, -0.05) is 23.8 Å². The Hall–Kier alpha value is -1.68. The molecular formula is C12H14N4. The Labute approximate surface area is 94.3 Å². The standard InChI is InChI=1S/C12H14N4/c1-9-3-2-4-10(7-9)12-14-11-8-13-5-6-16(11)15-12/h2-4,7,13H,5-6,8H2,1H3. The molecule has 0 aliphatic carbocycles. The highest BCUT2D eigenvalue weighted by Gasteiger charge is 2.14. The Morgan fingerprint density at radius 3 is 3.12 bits per heavy atom. The van der Waals surface area contributed by atoms with Crippen molar-refractivity contribution >= 4 is 0 Å². The Bertz CT molecular complexity index is 492. The summed E-state index contributed by atoms with van der Waals surface area (Å²) in [5.74, 6) is 1.87. The molecule has 1 aliphatic rings. The fourth-order valence-electron chi connectivity index (χ4n) is 1.98. The third kappa shape index (κ3) is 1.61. The van der Waals surface area contributed by atoms with Crippen molar-refractivity contribution in [2.75, 3.05) is 6.54 Å². The Morgan fingerprint density at radius 2 is 2.31 bits per heavy atom. The minimum atomic E-state index is 0.818. The third-order valence-corrected chi connectivity index (χ3v) is 2.81. The van der Waals surface area contributed by atoms with Gasteiger partial charge in [0, 0.05) is 12.1 Å². The molecule has 4 nitrogen and oxygen atoms in total. The zero-order chi connectivity index (χ0) is 11.0. The van der Waals surface area contributed by atoms with E-state index in [1.807, 2.05) is 10.7 Å². The van der Waals surface area contributed by atoms with Gasteiger partial charge < -0.3 is 5.32 Å². The number of fused-ring (bicyclic) bond motifs is 1. The van der Waals surface area contributed by atoms with Crippen molar-refractivity contribution in [1.82, 2.24) is 20.1 Å². The maximum Gasteiger partial charge on any atom is 0.181 e. The van der Waals surface area contributed by atoms with E-state index in [1.165, 1.54) is 5.56 Å². The fraction of sp³-hybridized carbons (Fsp3) is 0.333. The van der Waals surface area contributed by atoms with E-state index in [0.29, 0.717) is 0 Å². The lowest BCUT2D eigenvalue weighted by Crippen LogP contribution is -2.28. The molecule has 1 aromatic carbocycles. The van der Waals surface area contributed by atoms with Gasteiger partial charge in [0.05, 0.1) is 13.1 Å². The lowest BCUT2D eigenvalue weighted by molar-refractivity contribution is 0.469. The average Bonchev–Trinajstić information content (AvgIpc) is 2.72. The number of nitrogens with one attached hydrogen (secondary N) is 1. The summed E-state index contributed by atoms with van der Waals surface area (Å²) in [5, 5.41) is 7.82. The van der Waals surface area contributed by atoms with Crippen LogP contribution in [0, 0.1) is 6.92 Å². The van der Waals surface area contributed by atoms with Crippen LogP contribution >= 0.6 is 0 Å². The summed E-state index contributed by atoms with van der Waals surface area (Å²) in [6, 6.07) is 8.31. The second kappa shape index (κ2) is 3.72. The van der Waals surface area contributed by atoms with Crippen LogP contribution < -0.4 is 5.32 Å². The predicted molar refractivity (Wildman–Crippen MR) is 61.9 cm³/mol. The molecule has 0 saturated heterocycles. The third-order valence-electron chi connectivity index (χ3n) is 2.81. The first-order valence-electron chi connectivity index (χ1n) is 5.54. The first-order valence-corrected chi connectivity index (χ1v) is 5.54. The summed E-state index contributed by atoms with van der Waals surface area (Å²) in [7, 11) is 0. The second-order valence-corrected chi connectivity index (χ2v) is 4.12. The highest BCUT2D eigenvalue weighted by molar-refractivity contribution is 5.55. The van der Waals surface area contributed by atoms with Crippen LogP contribution in [0.1, 0.15) is 11.4 Å². The molecule has 0 amide bonds. The number of rotatable bonds is 1. The second-order valence-electron chi connectivity index (χ2n) is 4.12. The monoisotopic (exact) mass is 214 g/mol. The molecule has 1 aliphatic heterocycles. The minimum absolute atomic E-state index is 0.818. The SMILES string of the molecule is Cc1cccc(-c2nc3n(n2)CCNC3)c1. The number of benzene rings is 1. The molecule has 2 heterocycles. The van der Waals surface area contributed by atoms with Crippen molar-refractivity contribution < 1.29 is 0 Å². The van der Waals surface area contributed by atoms with Crippen LogP contribution in [0.25, 0.3) is 11.4 Å². The lowest BCUT2D eigenvalue weighted by Gasteiger charge is -2.11. The predicted octanol–water partition coefficient (Wildman–Crippen LogP) is 1.36. The van der Waals surface area contributed by atoms with Crippen LogP contribution in [-0.4, -0.2) is 21.3 Å². The van der Waals surface area contributed by atoms with Crippen molar-refractivity contribution in [3.05, 3.63) is 35.7 Å². The first-order chi connectivity index (χ1) is 7.83. The molecule has 0 atom stereocenters. The Kier molecular flexibility index (Phi) is 2.22. The average molecular weight is 214 g/mol. The zero-order valence-electron chi connectivity index (χ0n) is 9.27. The molecule has 0 bridgehead atoms. The molecule has 1 aromatic heterocycles. The highest BCUT2D eigenvalue weighted by Crippen LogP contribution is 2.17. The minimum Gasteiger partial charge on any atom is -0.308 e. The summed E-state index contributed by atoms with van der Waals surface area (Å²) < 4.78 is 1.99. The van der Waals surface area contributed by atoms with Crippen LogP contribution in [0.5, 0.6) is 0 Å². The van der Waals surface area contributed by atoms with Crippen molar-refractivity contribution in [2.45, 2.75) is 20.0 Å². The van der Waals surface area contributed by atoms with Crippen molar-refractivity contribution in [1.29, 1.82) is 0 Å². The Morgan fingerprint density at radius 1 is 1.38 bits per heavy atom. The smallest absolute Gasteiger partial charge is 0.181 e. The van der Waals surface area contributed by atoms with Gasteiger partial charge in [-0.2, -0.15) is 5.10 Å². The van der Waals surface area contributed by atoms with E-state index in [4.69, 9.17) is 0 Å². The molecule has 0 spiro atoms. The number of hydrogen-bond acceptors (Lipinski definition) is 3. The summed E-state index contributed by atoms with van der Waals surface area (Å²) >= 11 is 0. The molecule has 4 heteroatoms. The van der Waals surface area contributed by atoms with Crippen LogP contribution in [0.2, 0.25) is 0 Å². The van der Waals surface area contributed by atoms with E-state index < -0.39 is 0 Å². The summed E-state index contributed by atoms with van der Waals surface area (Å²) in [4.78, 5) is 4.55. The summed E-state index contributed by atoms with van der Waals surface area (Å²) in [6.45, 7) is 4.79. The molecule has 0 radical (unpaired) electrons. The fourth-order valence-corrected chi connectivity index (χ4v) is 1.98. The summed E-state index contributed by atoms with van der Waals surface area (Å²) in [6.07, 6.45) is 0. The van der Waals surface area contributed by atoms with Crippen molar-refractivity contribution in [3.63, 3.8) is 0 Å². The molecule has 82 valence electrons. The van der Waals surface area contributed by atoms with Gasteiger partial charge in [0.15, 0.2) is 5.82 Å². The van der Waals surface area contributed by atoms with Crippen LogP contribution in [0.15, 0.2) is 24.3 Å². The molecule has 16 heavy (non-hydrogen) atoms. The normalized spacial score (nSPS) is 14.8. The molecule has 0 unspecified atom stereocenters. The van der Waals surface area contributed by atoms with Gasteiger partial charge in [-0.3, -0.25) is 0 Å². The molecule has 0 saturated carbocycles. The Balaban J connectivity index is 2.03. The highest BCUT2D eigenvalue weighted by atomic mass is 15.4. The van der Waals surface area contributed by atoms with Gasteiger partial charge in [0.1, 0.15) is 5.82 Å². The lowest BCUT2D eigenvalue weighted by atomic mass is 10.1. The number of nitrogens with zero attached hydrogens (tertiary/aromatic N) is 3. The van der Waals surface area contributed by atoms with Gasteiger partial charge in [0.25, 0.3) is 0 Å². The van der Waals surface area contributed by atoms with E-state index in [2.05, 4.69) is 40.5 Å². The van der Waals surface area contributed by atoms with Gasteiger partial charge in [-0.25, -0.2) is 9.67 Å². The summed E-state index contributed by atoms with van der Waals surface area (Å²) in [5.41, 5.74) is 2.34. The molecular weight excluding hydrogens is 200 g/mol. The van der Waals surface area contributed by atoms with E-state index in [-0.39, 0.29) is 0 Å². The van der Waals surface area contributed by atoms with Crippen molar-refractivity contribution in [3.8, 4) is 11.4 Å². The van der Waals surface area contributed by atoms with Crippen LogP contribution in [-0.2, 0) is 13.1 Å². The maximum absolute atomic E-state index is 4.55. The van der Waals surface area contributed by atoms with Gasteiger partial charge >= 0.3 is 0 Å². The number of aromatic nitrogens is 3.